The van der Waals surface area contributed by atoms with E-state index in [-0.39, 0.29) is 17.0 Å². The molecule has 0 aliphatic heterocycles. The van der Waals surface area contributed by atoms with Crippen molar-refractivity contribution in [2.24, 2.45) is 0 Å². The van der Waals surface area contributed by atoms with E-state index in [1.165, 1.54) is 31.3 Å². The van der Waals surface area contributed by atoms with E-state index in [1.54, 1.807) is 12.1 Å². The number of hydrogen-bond acceptors (Lipinski definition) is 3. The highest BCUT2D eigenvalue weighted by Gasteiger charge is 2.30. The van der Waals surface area contributed by atoms with Gasteiger partial charge in [0.05, 0.1) is 23.5 Å². The van der Waals surface area contributed by atoms with Crippen molar-refractivity contribution in [2.75, 3.05) is 20.1 Å². The molecular weight excluding hydrogens is 405 g/mol. The molecule has 0 radical (unpaired) electrons. The Bertz CT molecular complexity index is 1040. The molecule has 2 aromatic rings. The first-order chi connectivity index (χ1) is 13.5. The third-order valence-electron chi connectivity index (χ3n) is 3.89. The molecule has 2 aromatic carbocycles. The van der Waals surface area contributed by atoms with Crippen LogP contribution in [0.1, 0.15) is 16.7 Å². The highest BCUT2D eigenvalue weighted by Crippen LogP contribution is 2.29. The Morgan fingerprint density at radius 3 is 2.41 bits per heavy atom. The Morgan fingerprint density at radius 2 is 1.79 bits per heavy atom. The summed E-state index contributed by atoms with van der Waals surface area (Å²) in [5, 5.41) is 2.42. The Morgan fingerprint density at radius 1 is 1.14 bits per heavy atom. The number of benzene rings is 2. The number of alkyl halides is 3. The Labute approximate surface area is 167 Å². The van der Waals surface area contributed by atoms with Gasteiger partial charge in [-0.1, -0.05) is 35.6 Å². The van der Waals surface area contributed by atoms with E-state index in [0.29, 0.717) is 0 Å². The molecule has 0 aromatic heterocycles. The van der Waals surface area contributed by atoms with Crippen LogP contribution in [0, 0.1) is 18.8 Å². The topological polar surface area (TPSA) is 66.5 Å². The highest BCUT2D eigenvalue weighted by molar-refractivity contribution is 7.89. The second-order valence-corrected chi connectivity index (χ2v) is 8.28. The van der Waals surface area contributed by atoms with Crippen LogP contribution >= 0.6 is 0 Å². The second kappa shape index (κ2) is 9.11. The standard InChI is InChI=1S/C20H19F3N2O3S/c1-15-8-10-18(11-9-15)29(27,28)25(2)14-19(26)24-12-4-6-16-5-3-7-17(13-16)20(21,22)23/h3,5,7-11,13H,12,14H2,1-2H3,(H,24,26). The summed E-state index contributed by atoms with van der Waals surface area (Å²) in [6.07, 6.45) is -4.46. The quantitative estimate of drug-likeness (QED) is 0.751. The summed E-state index contributed by atoms with van der Waals surface area (Å²) in [5.41, 5.74) is 0.258. The number of halogens is 3. The number of amides is 1. The van der Waals surface area contributed by atoms with Crippen molar-refractivity contribution in [1.29, 1.82) is 0 Å². The van der Waals surface area contributed by atoms with E-state index in [0.717, 1.165) is 22.0 Å². The van der Waals surface area contributed by atoms with Crippen LogP contribution in [0.2, 0.25) is 0 Å². The molecule has 154 valence electrons. The number of nitrogens with zero attached hydrogens (tertiary/aromatic N) is 1. The van der Waals surface area contributed by atoms with Gasteiger partial charge in [0.1, 0.15) is 0 Å². The van der Waals surface area contributed by atoms with Crippen molar-refractivity contribution >= 4 is 15.9 Å². The fraction of sp³-hybridized carbons (Fsp3) is 0.250. The largest absolute Gasteiger partial charge is 0.416 e. The summed E-state index contributed by atoms with van der Waals surface area (Å²) in [5.74, 6) is 4.49. The molecule has 1 amide bonds. The van der Waals surface area contributed by atoms with E-state index < -0.39 is 34.2 Å². The molecule has 29 heavy (non-hydrogen) atoms. The maximum Gasteiger partial charge on any atom is 0.416 e. The summed E-state index contributed by atoms with van der Waals surface area (Å²) in [6, 6.07) is 10.8. The zero-order chi connectivity index (χ0) is 21.7. The maximum atomic E-state index is 12.7. The lowest BCUT2D eigenvalue weighted by Crippen LogP contribution is -2.38. The van der Waals surface area contributed by atoms with Gasteiger partial charge in [-0.15, -0.1) is 0 Å². The monoisotopic (exact) mass is 424 g/mol. The van der Waals surface area contributed by atoms with Gasteiger partial charge in [0.15, 0.2) is 0 Å². The number of likely N-dealkylation sites (N-methyl/N-ethyl adjacent to an activating group) is 1. The molecule has 0 aliphatic rings. The minimum Gasteiger partial charge on any atom is -0.344 e. The lowest BCUT2D eigenvalue weighted by Gasteiger charge is -2.16. The first kappa shape index (κ1) is 22.5. The highest BCUT2D eigenvalue weighted by atomic mass is 32.2. The average Bonchev–Trinajstić information content (AvgIpc) is 2.65. The molecular formula is C20H19F3N2O3S. The van der Waals surface area contributed by atoms with Gasteiger partial charge < -0.3 is 5.32 Å². The molecule has 9 heteroatoms. The molecule has 0 bridgehead atoms. The fourth-order valence-corrected chi connectivity index (χ4v) is 3.42. The molecule has 0 atom stereocenters. The predicted molar refractivity (Wildman–Crippen MR) is 102 cm³/mol. The van der Waals surface area contributed by atoms with Gasteiger partial charge >= 0.3 is 6.18 Å². The lowest BCUT2D eigenvalue weighted by atomic mass is 10.1. The van der Waals surface area contributed by atoms with Gasteiger partial charge in [0.2, 0.25) is 15.9 Å². The Kier molecular flexibility index (Phi) is 7.06. The summed E-state index contributed by atoms with van der Waals surface area (Å²) >= 11 is 0. The number of aryl methyl sites for hydroxylation is 1. The number of sulfonamides is 1. The summed E-state index contributed by atoms with van der Waals surface area (Å²) in [4.78, 5) is 12.0. The van der Waals surface area contributed by atoms with Crippen molar-refractivity contribution in [3.05, 3.63) is 65.2 Å². The van der Waals surface area contributed by atoms with Crippen molar-refractivity contribution in [3.63, 3.8) is 0 Å². The molecule has 0 unspecified atom stereocenters. The summed E-state index contributed by atoms with van der Waals surface area (Å²) < 4.78 is 63.8. The Hall–Kier alpha value is -2.83. The van der Waals surface area contributed by atoms with Crippen LogP contribution in [0.5, 0.6) is 0 Å². The number of rotatable bonds is 5. The van der Waals surface area contributed by atoms with E-state index in [2.05, 4.69) is 17.2 Å². The van der Waals surface area contributed by atoms with Crippen molar-refractivity contribution in [2.45, 2.75) is 18.0 Å². The number of carbonyl (C=O) groups is 1. The number of carbonyl (C=O) groups excluding carboxylic acids is 1. The van der Waals surface area contributed by atoms with Gasteiger partial charge in [-0.25, -0.2) is 8.42 Å². The summed E-state index contributed by atoms with van der Waals surface area (Å²) in [6.45, 7) is 1.28. The minimum absolute atomic E-state index is 0.0720. The zero-order valence-corrected chi connectivity index (χ0v) is 16.6. The van der Waals surface area contributed by atoms with Crippen LogP contribution in [0.15, 0.2) is 53.4 Å². The molecule has 2 rings (SSSR count). The van der Waals surface area contributed by atoms with E-state index in [4.69, 9.17) is 0 Å². The molecule has 5 nitrogen and oxygen atoms in total. The normalized spacial score (nSPS) is 11.7. The number of nitrogens with one attached hydrogen (secondary N) is 1. The second-order valence-electron chi connectivity index (χ2n) is 6.23. The third kappa shape index (κ3) is 6.34. The zero-order valence-electron chi connectivity index (χ0n) is 15.7. The smallest absolute Gasteiger partial charge is 0.344 e. The van der Waals surface area contributed by atoms with Crippen LogP contribution in [0.25, 0.3) is 0 Å². The van der Waals surface area contributed by atoms with Crippen molar-refractivity contribution < 1.29 is 26.4 Å². The van der Waals surface area contributed by atoms with E-state index in [9.17, 15) is 26.4 Å². The van der Waals surface area contributed by atoms with Crippen molar-refractivity contribution in [1.82, 2.24) is 9.62 Å². The molecule has 0 heterocycles. The van der Waals surface area contributed by atoms with Gasteiger partial charge in [-0.2, -0.15) is 17.5 Å². The van der Waals surface area contributed by atoms with Crippen LogP contribution < -0.4 is 5.32 Å². The van der Waals surface area contributed by atoms with Gasteiger partial charge in [0.25, 0.3) is 0 Å². The number of hydrogen-bond donors (Lipinski definition) is 1. The minimum atomic E-state index is -4.46. The van der Waals surface area contributed by atoms with Crippen LogP contribution in [-0.4, -0.2) is 38.8 Å². The van der Waals surface area contributed by atoms with Crippen LogP contribution in [0.4, 0.5) is 13.2 Å². The van der Waals surface area contributed by atoms with Crippen molar-refractivity contribution in [3.8, 4) is 11.8 Å². The molecule has 0 spiro atoms. The van der Waals surface area contributed by atoms with Crippen LogP contribution in [0.3, 0.4) is 0 Å². The first-order valence-electron chi connectivity index (χ1n) is 8.46. The molecule has 0 aliphatic carbocycles. The average molecular weight is 424 g/mol. The summed E-state index contributed by atoms with van der Waals surface area (Å²) in [7, 11) is -2.53. The fourth-order valence-electron chi connectivity index (χ4n) is 2.30. The lowest BCUT2D eigenvalue weighted by molar-refractivity contribution is -0.137. The third-order valence-corrected chi connectivity index (χ3v) is 5.71. The van der Waals surface area contributed by atoms with Gasteiger partial charge in [0, 0.05) is 12.6 Å². The molecule has 0 saturated heterocycles. The SMILES string of the molecule is Cc1ccc(S(=O)(=O)N(C)CC(=O)NCC#Cc2cccc(C(F)(F)F)c2)cc1. The molecule has 1 N–H and O–H groups in total. The van der Waals surface area contributed by atoms with Gasteiger partial charge in [-0.3, -0.25) is 4.79 Å². The molecule has 0 saturated carbocycles. The first-order valence-corrected chi connectivity index (χ1v) is 9.90. The van der Waals surface area contributed by atoms with Crippen LogP contribution in [-0.2, 0) is 21.0 Å². The predicted octanol–water partition coefficient (Wildman–Crippen LogP) is 2.80. The Balaban J connectivity index is 1.92. The molecule has 0 fully saturated rings. The van der Waals surface area contributed by atoms with Gasteiger partial charge in [-0.05, 0) is 37.3 Å². The van der Waals surface area contributed by atoms with E-state index >= 15 is 0 Å². The maximum absolute atomic E-state index is 12.7. The van der Waals surface area contributed by atoms with E-state index in [1.807, 2.05) is 6.92 Å².